The highest BCUT2D eigenvalue weighted by Gasteiger charge is 2.01. The zero-order chi connectivity index (χ0) is 11.8. The van der Waals surface area contributed by atoms with Crippen LogP contribution in [0.5, 0.6) is 5.75 Å². The Morgan fingerprint density at radius 2 is 2.31 bits per heavy atom. The van der Waals surface area contributed by atoms with Crippen molar-refractivity contribution in [3.05, 3.63) is 24.3 Å². The summed E-state index contributed by atoms with van der Waals surface area (Å²) >= 11 is 5.40. The summed E-state index contributed by atoms with van der Waals surface area (Å²) in [5.74, 6) is 0.509. The number of carbonyl (C=O) groups excluding carboxylic acids is 1. The van der Waals surface area contributed by atoms with Crippen molar-refractivity contribution >= 4 is 23.2 Å². The van der Waals surface area contributed by atoms with Gasteiger partial charge in [0.1, 0.15) is 11.6 Å². The minimum Gasteiger partial charge on any atom is -0.494 e. The van der Waals surface area contributed by atoms with Crippen LogP contribution in [0.4, 0.5) is 5.69 Å². The Hall–Kier alpha value is -1.22. The average Bonchev–Trinajstić information content (AvgIpc) is 2.30. The lowest BCUT2D eigenvalue weighted by Gasteiger charge is -2.07. The molecular formula is C12H16ClNO2. The molecule has 0 atom stereocenters. The smallest absolute Gasteiger partial charge is 0.239 e. The van der Waals surface area contributed by atoms with Crippen LogP contribution in [0.2, 0.25) is 0 Å². The van der Waals surface area contributed by atoms with E-state index < -0.39 is 0 Å². The number of anilines is 1. The van der Waals surface area contributed by atoms with Crippen LogP contribution in [0.3, 0.4) is 0 Å². The molecule has 0 saturated carbocycles. The number of hydrogen-bond donors (Lipinski definition) is 1. The molecule has 0 aliphatic carbocycles. The van der Waals surface area contributed by atoms with Crippen LogP contribution >= 0.6 is 11.6 Å². The van der Waals surface area contributed by atoms with Gasteiger partial charge in [-0.05, 0) is 18.6 Å². The summed E-state index contributed by atoms with van der Waals surface area (Å²) in [6, 6.07) is 7.30. The van der Waals surface area contributed by atoms with Gasteiger partial charge >= 0.3 is 0 Å². The van der Waals surface area contributed by atoms with Crippen molar-refractivity contribution < 1.29 is 9.53 Å². The molecule has 0 saturated heterocycles. The Bertz CT molecular complexity index is 342. The lowest BCUT2D eigenvalue weighted by Crippen LogP contribution is -2.12. The number of benzene rings is 1. The molecule has 0 radical (unpaired) electrons. The molecule has 16 heavy (non-hydrogen) atoms. The van der Waals surface area contributed by atoms with Crippen LogP contribution in [0, 0.1) is 0 Å². The molecule has 0 bridgehead atoms. The second-order valence-corrected chi connectivity index (χ2v) is 3.68. The molecule has 1 aromatic rings. The Morgan fingerprint density at radius 3 is 3.00 bits per heavy atom. The molecule has 88 valence electrons. The van der Waals surface area contributed by atoms with Crippen molar-refractivity contribution in [3.8, 4) is 5.75 Å². The van der Waals surface area contributed by atoms with E-state index in [4.69, 9.17) is 16.3 Å². The van der Waals surface area contributed by atoms with Gasteiger partial charge in [-0.1, -0.05) is 19.4 Å². The summed E-state index contributed by atoms with van der Waals surface area (Å²) in [5, 5.41) is 2.67. The summed E-state index contributed by atoms with van der Waals surface area (Å²) < 4.78 is 5.52. The van der Waals surface area contributed by atoms with Crippen molar-refractivity contribution in [3.63, 3.8) is 0 Å². The van der Waals surface area contributed by atoms with Crippen LogP contribution in [-0.2, 0) is 4.79 Å². The molecule has 3 nitrogen and oxygen atoms in total. The van der Waals surface area contributed by atoms with Crippen molar-refractivity contribution in [2.45, 2.75) is 19.8 Å². The van der Waals surface area contributed by atoms with Gasteiger partial charge in [0.2, 0.25) is 5.91 Å². The molecule has 1 aromatic carbocycles. The fourth-order valence-electron chi connectivity index (χ4n) is 1.19. The van der Waals surface area contributed by atoms with E-state index in [0.29, 0.717) is 12.3 Å². The van der Waals surface area contributed by atoms with E-state index in [2.05, 4.69) is 12.2 Å². The van der Waals surface area contributed by atoms with E-state index in [1.165, 1.54) is 0 Å². The minimum atomic E-state index is -0.215. The Kier molecular flexibility index (Phi) is 5.72. The van der Waals surface area contributed by atoms with Crippen LogP contribution in [0.15, 0.2) is 24.3 Å². The number of nitrogens with one attached hydrogen (secondary N) is 1. The third-order valence-corrected chi connectivity index (χ3v) is 2.25. The SMILES string of the molecule is CCCCOc1cccc(NC(=O)CCl)c1. The van der Waals surface area contributed by atoms with Crippen molar-refractivity contribution in [1.82, 2.24) is 0 Å². The van der Waals surface area contributed by atoms with Gasteiger partial charge in [0.05, 0.1) is 6.61 Å². The molecule has 0 aromatic heterocycles. The standard InChI is InChI=1S/C12H16ClNO2/c1-2-3-7-16-11-6-4-5-10(8-11)14-12(15)9-13/h4-6,8H,2-3,7,9H2,1H3,(H,14,15). The molecule has 1 amide bonds. The maximum atomic E-state index is 11.1. The van der Waals surface area contributed by atoms with Gasteiger partial charge in [-0.15, -0.1) is 11.6 Å². The van der Waals surface area contributed by atoms with Gasteiger partial charge in [-0.2, -0.15) is 0 Å². The summed E-state index contributed by atoms with van der Waals surface area (Å²) in [6.07, 6.45) is 2.13. The quantitative estimate of drug-likeness (QED) is 0.614. The monoisotopic (exact) mass is 241 g/mol. The molecule has 0 spiro atoms. The maximum absolute atomic E-state index is 11.1. The van der Waals surface area contributed by atoms with Gasteiger partial charge in [0.25, 0.3) is 0 Å². The zero-order valence-electron chi connectivity index (χ0n) is 9.33. The number of alkyl halides is 1. The number of carbonyl (C=O) groups is 1. The van der Waals surface area contributed by atoms with E-state index in [0.717, 1.165) is 18.6 Å². The fraction of sp³-hybridized carbons (Fsp3) is 0.417. The summed E-state index contributed by atoms with van der Waals surface area (Å²) in [6.45, 7) is 2.81. The van der Waals surface area contributed by atoms with Crippen LogP contribution in [0.1, 0.15) is 19.8 Å². The van der Waals surface area contributed by atoms with E-state index in [9.17, 15) is 4.79 Å². The van der Waals surface area contributed by atoms with Crippen LogP contribution in [0.25, 0.3) is 0 Å². The van der Waals surface area contributed by atoms with Gasteiger partial charge in [-0.25, -0.2) is 0 Å². The second kappa shape index (κ2) is 7.12. The topological polar surface area (TPSA) is 38.3 Å². The van der Waals surface area contributed by atoms with Crippen LogP contribution in [-0.4, -0.2) is 18.4 Å². The normalized spacial score (nSPS) is 9.88. The Labute approximate surface area is 101 Å². The lowest BCUT2D eigenvalue weighted by atomic mass is 10.3. The third-order valence-electron chi connectivity index (χ3n) is 2.01. The molecule has 0 fully saturated rings. The van der Waals surface area contributed by atoms with Crippen LogP contribution < -0.4 is 10.1 Å². The lowest BCUT2D eigenvalue weighted by molar-refractivity contribution is -0.113. The Balaban J connectivity index is 2.53. The molecule has 0 unspecified atom stereocenters. The molecule has 1 rings (SSSR count). The van der Waals surface area contributed by atoms with E-state index in [1.54, 1.807) is 12.1 Å². The summed E-state index contributed by atoms with van der Waals surface area (Å²) in [4.78, 5) is 11.1. The number of unbranched alkanes of at least 4 members (excludes halogenated alkanes) is 1. The van der Waals surface area contributed by atoms with E-state index in [1.807, 2.05) is 12.1 Å². The largest absolute Gasteiger partial charge is 0.494 e. The first kappa shape index (κ1) is 12.8. The third kappa shape index (κ3) is 4.53. The molecular weight excluding hydrogens is 226 g/mol. The number of rotatable bonds is 6. The van der Waals surface area contributed by atoms with Crippen molar-refractivity contribution in [1.29, 1.82) is 0 Å². The number of hydrogen-bond acceptors (Lipinski definition) is 2. The highest BCUT2D eigenvalue weighted by molar-refractivity contribution is 6.29. The highest BCUT2D eigenvalue weighted by atomic mass is 35.5. The molecule has 1 N–H and O–H groups in total. The van der Waals surface area contributed by atoms with Gasteiger partial charge < -0.3 is 10.1 Å². The number of amides is 1. The summed E-state index contributed by atoms with van der Waals surface area (Å²) in [5.41, 5.74) is 0.708. The predicted molar refractivity (Wildman–Crippen MR) is 66.2 cm³/mol. The fourth-order valence-corrected chi connectivity index (χ4v) is 1.26. The molecule has 0 aliphatic rings. The van der Waals surface area contributed by atoms with E-state index >= 15 is 0 Å². The zero-order valence-corrected chi connectivity index (χ0v) is 10.1. The first-order chi connectivity index (χ1) is 7.76. The predicted octanol–water partition coefficient (Wildman–Crippen LogP) is 3.04. The minimum absolute atomic E-state index is 0.0408. The highest BCUT2D eigenvalue weighted by Crippen LogP contribution is 2.17. The average molecular weight is 242 g/mol. The van der Waals surface area contributed by atoms with Gasteiger partial charge in [0.15, 0.2) is 0 Å². The first-order valence-corrected chi connectivity index (χ1v) is 5.88. The van der Waals surface area contributed by atoms with Gasteiger partial charge in [-0.3, -0.25) is 4.79 Å². The molecule has 0 aliphatic heterocycles. The van der Waals surface area contributed by atoms with E-state index in [-0.39, 0.29) is 11.8 Å². The van der Waals surface area contributed by atoms with Gasteiger partial charge in [0, 0.05) is 11.8 Å². The number of ether oxygens (including phenoxy) is 1. The van der Waals surface area contributed by atoms with Crippen molar-refractivity contribution in [2.24, 2.45) is 0 Å². The Morgan fingerprint density at radius 1 is 1.50 bits per heavy atom. The number of halogens is 1. The maximum Gasteiger partial charge on any atom is 0.239 e. The molecule has 0 heterocycles. The first-order valence-electron chi connectivity index (χ1n) is 5.35. The summed E-state index contributed by atoms with van der Waals surface area (Å²) in [7, 11) is 0. The van der Waals surface area contributed by atoms with Crippen molar-refractivity contribution in [2.75, 3.05) is 17.8 Å². The second-order valence-electron chi connectivity index (χ2n) is 3.41. The molecule has 4 heteroatoms.